The standard InChI is InChI=1S/C13H11ClFNO/c14-11-7-10(15)5-6-13(11)17-12-4-2-1-3-9(12)8-16/h1-7H,8,16H2. The molecule has 0 bridgehead atoms. The van der Waals surface area contributed by atoms with Crippen LogP contribution >= 0.6 is 11.6 Å². The number of hydrogen-bond acceptors (Lipinski definition) is 2. The van der Waals surface area contributed by atoms with Gasteiger partial charge in [-0.15, -0.1) is 0 Å². The van der Waals surface area contributed by atoms with Crippen LogP contribution in [-0.2, 0) is 6.54 Å². The van der Waals surface area contributed by atoms with Crippen LogP contribution in [0.25, 0.3) is 0 Å². The van der Waals surface area contributed by atoms with E-state index in [-0.39, 0.29) is 5.02 Å². The summed E-state index contributed by atoms with van der Waals surface area (Å²) in [6, 6.07) is 11.4. The molecule has 0 aliphatic rings. The molecule has 2 N–H and O–H groups in total. The second-order valence-electron chi connectivity index (χ2n) is 3.49. The molecule has 2 aromatic rings. The molecule has 4 heteroatoms. The Morgan fingerprint density at radius 1 is 1.12 bits per heavy atom. The molecule has 0 spiro atoms. The Morgan fingerprint density at radius 3 is 2.59 bits per heavy atom. The Morgan fingerprint density at radius 2 is 1.88 bits per heavy atom. The molecule has 2 aromatic carbocycles. The predicted octanol–water partition coefficient (Wildman–Crippen LogP) is 3.73. The molecule has 17 heavy (non-hydrogen) atoms. The summed E-state index contributed by atoms with van der Waals surface area (Å²) in [6.07, 6.45) is 0. The fourth-order valence-electron chi connectivity index (χ4n) is 1.45. The third-order valence-electron chi connectivity index (χ3n) is 2.31. The Hall–Kier alpha value is -1.58. The Balaban J connectivity index is 2.31. The van der Waals surface area contributed by atoms with E-state index in [0.717, 1.165) is 5.56 Å². The monoisotopic (exact) mass is 251 g/mol. The van der Waals surface area contributed by atoms with E-state index in [1.807, 2.05) is 18.2 Å². The van der Waals surface area contributed by atoms with Crippen LogP contribution in [0.2, 0.25) is 5.02 Å². The number of rotatable bonds is 3. The van der Waals surface area contributed by atoms with Gasteiger partial charge in [-0.3, -0.25) is 0 Å². The van der Waals surface area contributed by atoms with E-state index < -0.39 is 5.82 Å². The smallest absolute Gasteiger partial charge is 0.146 e. The lowest BCUT2D eigenvalue weighted by molar-refractivity contribution is 0.475. The van der Waals surface area contributed by atoms with E-state index in [1.165, 1.54) is 18.2 Å². The van der Waals surface area contributed by atoms with Crippen LogP contribution in [0.4, 0.5) is 4.39 Å². The van der Waals surface area contributed by atoms with Crippen molar-refractivity contribution in [2.24, 2.45) is 5.73 Å². The maximum Gasteiger partial charge on any atom is 0.146 e. The van der Waals surface area contributed by atoms with Crippen molar-refractivity contribution in [2.75, 3.05) is 0 Å². The van der Waals surface area contributed by atoms with Gasteiger partial charge in [0.15, 0.2) is 0 Å². The van der Waals surface area contributed by atoms with Crippen molar-refractivity contribution in [1.29, 1.82) is 0 Å². The van der Waals surface area contributed by atoms with Gasteiger partial charge in [0, 0.05) is 12.1 Å². The van der Waals surface area contributed by atoms with Gasteiger partial charge in [0.1, 0.15) is 17.3 Å². The van der Waals surface area contributed by atoms with Crippen molar-refractivity contribution >= 4 is 11.6 Å². The number of para-hydroxylation sites is 1. The molecule has 0 atom stereocenters. The fraction of sp³-hybridized carbons (Fsp3) is 0.0769. The molecule has 0 saturated carbocycles. The second kappa shape index (κ2) is 5.17. The summed E-state index contributed by atoms with van der Waals surface area (Å²) >= 11 is 5.88. The maximum atomic E-state index is 12.9. The zero-order valence-corrected chi connectivity index (χ0v) is 9.75. The van der Waals surface area contributed by atoms with Gasteiger partial charge in [-0.05, 0) is 24.3 Å². The Bertz CT molecular complexity index is 531. The maximum absolute atomic E-state index is 12.9. The van der Waals surface area contributed by atoms with E-state index in [2.05, 4.69) is 0 Å². The number of ether oxygens (including phenoxy) is 1. The molecule has 0 saturated heterocycles. The molecule has 0 amide bonds. The largest absolute Gasteiger partial charge is 0.455 e. The van der Waals surface area contributed by atoms with Crippen LogP contribution in [0, 0.1) is 5.82 Å². The minimum atomic E-state index is -0.394. The van der Waals surface area contributed by atoms with E-state index >= 15 is 0 Å². The third kappa shape index (κ3) is 2.75. The van der Waals surface area contributed by atoms with E-state index in [9.17, 15) is 4.39 Å². The molecule has 2 nitrogen and oxygen atoms in total. The molecule has 2 rings (SSSR count). The van der Waals surface area contributed by atoms with Gasteiger partial charge in [-0.1, -0.05) is 29.8 Å². The average Bonchev–Trinajstić information content (AvgIpc) is 2.33. The summed E-state index contributed by atoms with van der Waals surface area (Å²) in [7, 11) is 0. The summed E-state index contributed by atoms with van der Waals surface area (Å²) in [5, 5.41) is 0.233. The highest BCUT2D eigenvalue weighted by Crippen LogP contribution is 2.31. The van der Waals surface area contributed by atoms with Crippen molar-refractivity contribution < 1.29 is 9.13 Å². The molecule has 88 valence electrons. The zero-order valence-electron chi connectivity index (χ0n) is 8.99. The molecule has 0 unspecified atom stereocenters. The van der Waals surface area contributed by atoms with Crippen LogP contribution in [0.15, 0.2) is 42.5 Å². The van der Waals surface area contributed by atoms with E-state index in [1.54, 1.807) is 6.07 Å². The van der Waals surface area contributed by atoms with Gasteiger partial charge in [0.05, 0.1) is 5.02 Å². The average molecular weight is 252 g/mol. The molecular weight excluding hydrogens is 241 g/mol. The van der Waals surface area contributed by atoms with Crippen molar-refractivity contribution in [3.8, 4) is 11.5 Å². The second-order valence-corrected chi connectivity index (χ2v) is 3.90. The molecule has 0 radical (unpaired) electrons. The highest BCUT2D eigenvalue weighted by molar-refractivity contribution is 6.32. The normalized spacial score (nSPS) is 10.3. The van der Waals surface area contributed by atoms with Crippen molar-refractivity contribution in [1.82, 2.24) is 0 Å². The van der Waals surface area contributed by atoms with Crippen LogP contribution in [-0.4, -0.2) is 0 Å². The van der Waals surface area contributed by atoms with E-state index in [0.29, 0.717) is 18.0 Å². The first kappa shape index (κ1) is 11.9. The lowest BCUT2D eigenvalue weighted by Gasteiger charge is -2.10. The van der Waals surface area contributed by atoms with Crippen LogP contribution in [0.1, 0.15) is 5.56 Å². The van der Waals surface area contributed by atoms with E-state index in [4.69, 9.17) is 22.1 Å². The summed E-state index contributed by atoms with van der Waals surface area (Å²) in [4.78, 5) is 0. The Labute approximate surface area is 104 Å². The number of nitrogens with two attached hydrogens (primary N) is 1. The highest BCUT2D eigenvalue weighted by atomic mass is 35.5. The molecule has 0 heterocycles. The first-order valence-electron chi connectivity index (χ1n) is 5.11. The topological polar surface area (TPSA) is 35.2 Å². The van der Waals surface area contributed by atoms with Crippen molar-refractivity contribution in [2.45, 2.75) is 6.54 Å². The Kier molecular flexibility index (Phi) is 3.61. The first-order valence-corrected chi connectivity index (χ1v) is 5.49. The molecule has 0 fully saturated rings. The number of halogens is 2. The lowest BCUT2D eigenvalue weighted by atomic mass is 10.2. The fourth-order valence-corrected chi connectivity index (χ4v) is 1.65. The van der Waals surface area contributed by atoms with Gasteiger partial charge in [0.25, 0.3) is 0 Å². The SMILES string of the molecule is NCc1ccccc1Oc1ccc(F)cc1Cl. The minimum absolute atomic E-state index is 0.233. The molecule has 0 aliphatic carbocycles. The summed E-state index contributed by atoms with van der Waals surface area (Å²) in [6.45, 7) is 0.370. The zero-order chi connectivity index (χ0) is 12.3. The van der Waals surface area contributed by atoms with Gasteiger partial charge >= 0.3 is 0 Å². The van der Waals surface area contributed by atoms with Gasteiger partial charge < -0.3 is 10.5 Å². The summed E-state index contributed by atoms with van der Waals surface area (Å²) in [5.74, 6) is 0.645. The van der Waals surface area contributed by atoms with Gasteiger partial charge in [0.2, 0.25) is 0 Å². The lowest BCUT2D eigenvalue weighted by Crippen LogP contribution is -1.99. The van der Waals surface area contributed by atoms with Crippen LogP contribution < -0.4 is 10.5 Å². The van der Waals surface area contributed by atoms with Gasteiger partial charge in [-0.2, -0.15) is 0 Å². The first-order chi connectivity index (χ1) is 8.20. The summed E-state index contributed by atoms with van der Waals surface area (Å²) < 4.78 is 18.5. The third-order valence-corrected chi connectivity index (χ3v) is 2.60. The number of hydrogen-bond donors (Lipinski definition) is 1. The molecule has 0 aromatic heterocycles. The minimum Gasteiger partial charge on any atom is -0.455 e. The number of benzene rings is 2. The van der Waals surface area contributed by atoms with Crippen LogP contribution in [0.5, 0.6) is 11.5 Å². The van der Waals surface area contributed by atoms with Gasteiger partial charge in [-0.25, -0.2) is 4.39 Å². The quantitative estimate of drug-likeness (QED) is 0.902. The van der Waals surface area contributed by atoms with Crippen LogP contribution in [0.3, 0.4) is 0 Å². The van der Waals surface area contributed by atoms with Crippen molar-refractivity contribution in [3.05, 3.63) is 58.9 Å². The van der Waals surface area contributed by atoms with Crippen molar-refractivity contribution in [3.63, 3.8) is 0 Å². The molecule has 0 aliphatic heterocycles. The molecular formula is C13H11ClFNO. The predicted molar refractivity (Wildman–Crippen MR) is 65.8 cm³/mol. The highest BCUT2D eigenvalue weighted by Gasteiger charge is 2.07. The summed E-state index contributed by atoms with van der Waals surface area (Å²) in [5.41, 5.74) is 6.46.